The van der Waals surface area contributed by atoms with Crippen LogP contribution in [0.25, 0.3) is 5.57 Å². The first-order valence-electron chi connectivity index (χ1n) is 6.82. The standard InChI is InChI=1S/C16H14Cl2N2O/c17-14-5-4-13(15(18)8-14)10-20-16-11(6-7-21)2-1-3-12(16)9-19-20/h4-9H,1-3,10H2/b11-6+. The maximum Gasteiger partial charge on any atom is 0.143 e. The van der Waals surface area contributed by atoms with Crippen molar-refractivity contribution < 1.29 is 4.79 Å². The van der Waals surface area contributed by atoms with E-state index in [-0.39, 0.29) is 0 Å². The molecule has 0 radical (unpaired) electrons. The van der Waals surface area contributed by atoms with E-state index in [9.17, 15) is 4.79 Å². The van der Waals surface area contributed by atoms with Crippen molar-refractivity contribution in [3.05, 3.63) is 57.3 Å². The highest BCUT2D eigenvalue weighted by atomic mass is 35.5. The molecule has 0 bridgehead atoms. The molecule has 2 aromatic rings. The Kier molecular flexibility index (Phi) is 4.13. The lowest BCUT2D eigenvalue weighted by Crippen LogP contribution is -2.10. The van der Waals surface area contributed by atoms with Crippen molar-refractivity contribution in [2.75, 3.05) is 0 Å². The van der Waals surface area contributed by atoms with Crippen LogP contribution < -0.4 is 0 Å². The number of aromatic nitrogens is 2. The van der Waals surface area contributed by atoms with Crippen LogP contribution in [0.15, 0.2) is 30.5 Å². The molecule has 0 amide bonds. The largest absolute Gasteiger partial charge is 0.299 e. The summed E-state index contributed by atoms with van der Waals surface area (Å²) in [6.07, 6.45) is 7.33. The van der Waals surface area contributed by atoms with Crippen LogP contribution in [0.1, 0.15) is 29.7 Å². The molecule has 5 heteroatoms. The topological polar surface area (TPSA) is 34.9 Å². The Bertz CT molecular complexity index is 719. The van der Waals surface area contributed by atoms with E-state index >= 15 is 0 Å². The van der Waals surface area contributed by atoms with E-state index in [2.05, 4.69) is 5.10 Å². The van der Waals surface area contributed by atoms with E-state index < -0.39 is 0 Å². The first-order valence-corrected chi connectivity index (χ1v) is 7.58. The number of rotatable bonds is 3. The van der Waals surface area contributed by atoms with Gasteiger partial charge in [0.25, 0.3) is 0 Å². The molecule has 0 saturated carbocycles. The second-order valence-corrected chi connectivity index (χ2v) is 5.94. The fourth-order valence-corrected chi connectivity index (χ4v) is 3.21. The molecule has 0 N–H and O–H groups in total. The summed E-state index contributed by atoms with van der Waals surface area (Å²) in [5.41, 5.74) is 4.26. The third-order valence-electron chi connectivity index (χ3n) is 3.72. The zero-order valence-corrected chi connectivity index (χ0v) is 12.9. The number of nitrogens with zero attached hydrogens (tertiary/aromatic N) is 2. The van der Waals surface area contributed by atoms with Gasteiger partial charge in [0.1, 0.15) is 6.29 Å². The summed E-state index contributed by atoms with van der Waals surface area (Å²) < 4.78 is 1.92. The van der Waals surface area contributed by atoms with Crippen molar-refractivity contribution in [1.82, 2.24) is 9.78 Å². The molecule has 1 aromatic heterocycles. The minimum absolute atomic E-state index is 0.571. The number of hydrogen-bond donors (Lipinski definition) is 0. The SMILES string of the molecule is O=C/C=C1\CCCc2cnn(Cc3ccc(Cl)cc3Cl)c21. The highest BCUT2D eigenvalue weighted by molar-refractivity contribution is 6.35. The van der Waals surface area contributed by atoms with Crippen LogP contribution in [0.4, 0.5) is 0 Å². The van der Waals surface area contributed by atoms with Crippen molar-refractivity contribution in [2.24, 2.45) is 0 Å². The number of carbonyl (C=O) groups excluding carboxylic acids is 1. The van der Waals surface area contributed by atoms with Crippen molar-refractivity contribution in [3.63, 3.8) is 0 Å². The van der Waals surface area contributed by atoms with E-state index in [0.29, 0.717) is 16.6 Å². The summed E-state index contributed by atoms with van der Waals surface area (Å²) in [6, 6.07) is 5.46. The molecule has 21 heavy (non-hydrogen) atoms. The Morgan fingerprint density at radius 1 is 1.29 bits per heavy atom. The molecule has 1 aromatic carbocycles. The van der Waals surface area contributed by atoms with Gasteiger partial charge >= 0.3 is 0 Å². The maximum absolute atomic E-state index is 10.8. The van der Waals surface area contributed by atoms with Crippen LogP contribution in [0.2, 0.25) is 10.0 Å². The van der Waals surface area contributed by atoms with E-state index in [0.717, 1.165) is 42.4 Å². The van der Waals surface area contributed by atoms with Crippen molar-refractivity contribution in [3.8, 4) is 0 Å². The smallest absolute Gasteiger partial charge is 0.143 e. The molecule has 0 spiro atoms. The van der Waals surface area contributed by atoms with Crippen LogP contribution >= 0.6 is 23.2 Å². The Hall–Kier alpha value is -1.58. The lowest BCUT2D eigenvalue weighted by atomic mass is 9.93. The first kappa shape index (κ1) is 14.4. The molecule has 0 aliphatic heterocycles. The predicted octanol–water partition coefficient (Wildman–Crippen LogP) is 4.16. The Balaban J connectivity index is 1.99. The lowest BCUT2D eigenvalue weighted by molar-refractivity contribution is -0.104. The number of aryl methyl sites for hydroxylation is 1. The first-order chi connectivity index (χ1) is 10.2. The molecule has 108 valence electrons. The fraction of sp³-hybridized carbons (Fsp3) is 0.250. The van der Waals surface area contributed by atoms with Gasteiger partial charge < -0.3 is 0 Å². The minimum atomic E-state index is 0.571. The van der Waals surface area contributed by atoms with Crippen LogP contribution in [0, 0.1) is 0 Å². The molecule has 0 saturated heterocycles. The number of carbonyl (C=O) groups is 1. The second-order valence-electron chi connectivity index (χ2n) is 5.09. The second kappa shape index (κ2) is 6.04. The van der Waals surface area contributed by atoms with Crippen molar-refractivity contribution in [2.45, 2.75) is 25.8 Å². The third-order valence-corrected chi connectivity index (χ3v) is 4.30. The van der Waals surface area contributed by atoms with Crippen LogP contribution in [0.3, 0.4) is 0 Å². The molecule has 3 nitrogen and oxygen atoms in total. The molecule has 0 unspecified atom stereocenters. The van der Waals surface area contributed by atoms with Crippen molar-refractivity contribution >= 4 is 35.1 Å². The Morgan fingerprint density at radius 3 is 2.90 bits per heavy atom. The number of benzene rings is 1. The van der Waals surface area contributed by atoms with E-state index in [1.165, 1.54) is 5.56 Å². The van der Waals surface area contributed by atoms with E-state index in [1.807, 2.05) is 23.0 Å². The summed E-state index contributed by atoms with van der Waals surface area (Å²) in [7, 11) is 0. The van der Waals surface area contributed by atoms with Crippen LogP contribution in [-0.2, 0) is 17.8 Å². The van der Waals surface area contributed by atoms with Crippen LogP contribution in [0.5, 0.6) is 0 Å². The molecule has 1 aliphatic rings. The molecule has 1 aliphatic carbocycles. The average molecular weight is 321 g/mol. The summed E-state index contributed by atoms with van der Waals surface area (Å²) in [6.45, 7) is 0.571. The van der Waals surface area contributed by atoms with Gasteiger partial charge in [0.2, 0.25) is 0 Å². The van der Waals surface area contributed by atoms with Gasteiger partial charge in [-0.3, -0.25) is 9.48 Å². The molecule has 3 rings (SSSR count). The van der Waals surface area contributed by atoms with Gasteiger partial charge in [-0.15, -0.1) is 0 Å². The van der Waals surface area contributed by atoms with Gasteiger partial charge in [0, 0.05) is 10.0 Å². The number of allylic oxidation sites excluding steroid dienone is 2. The number of hydrogen-bond acceptors (Lipinski definition) is 2. The van der Waals surface area contributed by atoms with E-state index in [1.54, 1.807) is 12.1 Å². The maximum atomic E-state index is 10.8. The van der Waals surface area contributed by atoms with Crippen LogP contribution in [-0.4, -0.2) is 16.1 Å². The van der Waals surface area contributed by atoms with Gasteiger partial charge in [0.05, 0.1) is 18.4 Å². The molecular weight excluding hydrogens is 307 g/mol. The molecule has 1 heterocycles. The fourth-order valence-electron chi connectivity index (χ4n) is 2.74. The van der Waals surface area contributed by atoms with Crippen molar-refractivity contribution in [1.29, 1.82) is 0 Å². The summed E-state index contributed by atoms with van der Waals surface area (Å²) in [4.78, 5) is 10.8. The zero-order chi connectivity index (χ0) is 14.8. The highest BCUT2D eigenvalue weighted by Gasteiger charge is 2.20. The van der Waals surface area contributed by atoms with Gasteiger partial charge in [-0.05, 0) is 54.2 Å². The Labute approximate surface area is 133 Å². The zero-order valence-electron chi connectivity index (χ0n) is 11.4. The monoisotopic (exact) mass is 320 g/mol. The van der Waals surface area contributed by atoms with Gasteiger partial charge in [-0.2, -0.15) is 5.10 Å². The summed E-state index contributed by atoms with van der Waals surface area (Å²) >= 11 is 12.2. The highest BCUT2D eigenvalue weighted by Crippen LogP contribution is 2.31. The quantitative estimate of drug-likeness (QED) is 0.628. The third kappa shape index (κ3) is 2.89. The predicted molar refractivity (Wildman–Crippen MR) is 84.8 cm³/mol. The molecule has 0 atom stereocenters. The Morgan fingerprint density at radius 2 is 2.14 bits per heavy atom. The van der Waals surface area contributed by atoms with Gasteiger partial charge in [-0.1, -0.05) is 29.3 Å². The number of halogens is 2. The van der Waals surface area contributed by atoms with Gasteiger partial charge in [-0.25, -0.2) is 0 Å². The van der Waals surface area contributed by atoms with Gasteiger partial charge in [0.15, 0.2) is 0 Å². The lowest BCUT2D eigenvalue weighted by Gasteiger charge is -2.17. The summed E-state index contributed by atoms with van der Waals surface area (Å²) in [5, 5.41) is 5.70. The molecule has 0 fully saturated rings. The number of aldehydes is 1. The minimum Gasteiger partial charge on any atom is -0.299 e. The number of fused-ring (bicyclic) bond motifs is 1. The normalized spacial score (nSPS) is 16.0. The van der Waals surface area contributed by atoms with E-state index in [4.69, 9.17) is 23.2 Å². The average Bonchev–Trinajstić information content (AvgIpc) is 2.87. The summed E-state index contributed by atoms with van der Waals surface area (Å²) in [5.74, 6) is 0. The molecular formula is C16H14Cl2N2O.